The third-order valence-corrected chi connectivity index (χ3v) is 19.7. The average Bonchev–Trinajstić information content (AvgIpc) is 1.68. The Morgan fingerprint density at radius 3 is 0.972 bits per heavy atom. The molecule has 5 heterocycles. The molecule has 0 fully saturated rings. The number of hydrogen-bond donors (Lipinski definition) is 5. The molecule has 0 aliphatic rings. The molecule has 540 valence electrons. The minimum Gasteiger partial charge on any atom is -0.493 e. The summed E-state index contributed by atoms with van der Waals surface area (Å²) in [5.41, 5.74) is 9.88. The largest absolute Gasteiger partial charge is 0.493 e. The maximum atomic E-state index is 13.8. The second-order valence-electron chi connectivity index (χ2n) is 24.2. The van der Waals surface area contributed by atoms with Crippen LogP contribution in [-0.2, 0) is 32.7 Å². The molecule has 5 aromatic heterocycles. The van der Waals surface area contributed by atoms with Gasteiger partial charge < -0.3 is 48.4 Å². The van der Waals surface area contributed by atoms with Gasteiger partial charge in [-0.2, -0.15) is 0 Å². The predicted octanol–water partition coefficient (Wildman–Crippen LogP) is 23.6. The Labute approximate surface area is 647 Å². The van der Waals surface area contributed by atoms with Crippen molar-refractivity contribution in [1.29, 1.82) is 0 Å². The second-order valence-corrected chi connectivity index (χ2v) is 28.8. The van der Waals surface area contributed by atoms with Gasteiger partial charge in [0, 0.05) is 67.0 Å². The van der Waals surface area contributed by atoms with E-state index in [4.69, 9.17) is 0 Å². The fourth-order valence-corrected chi connectivity index (χ4v) is 13.9. The summed E-state index contributed by atoms with van der Waals surface area (Å²) in [6.07, 6.45) is 0. The van der Waals surface area contributed by atoms with Gasteiger partial charge in [0.1, 0.15) is 11.6 Å². The van der Waals surface area contributed by atoms with Gasteiger partial charge in [0.15, 0.2) is 28.4 Å². The van der Waals surface area contributed by atoms with Crippen LogP contribution in [0.2, 0.25) is 0 Å². The lowest BCUT2D eigenvalue weighted by atomic mass is 10.1. The fourth-order valence-electron chi connectivity index (χ4n) is 12.1. The van der Waals surface area contributed by atoms with Crippen LogP contribution in [-0.4, -0.2) is 53.3 Å². The van der Waals surface area contributed by atoms with Gasteiger partial charge >= 0.3 is 0 Å². The van der Waals surface area contributed by atoms with Crippen molar-refractivity contribution in [2.75, 3.05) is 0 Å². The van der Waals surface area contributed by atoms with Gasteiger partial charge in [-0.1, -0.05) is 182 Å². The number of aromatic hydroxyl groups is 5. The number of aryl methyl sites for hydroxylation is 2. The third-order valence-electron chi connectivity index (χ3n) is 17.2. The maximum Gasteiger partial charge on any atom is 0.269 e. The zero-order valence-corrected chi connectivity index (χ0v) is 63.8. The molecule has 30 heteroatoms. The van der Waals surface area contributed by atoms with E-state index in [1.165, 1.54) is 45.0 Å². The molecular weight excluding hydrogens is 1710 g/mol. The Kier molecular flexibility index (Phi) is 24.2. The first-order chi connectivity index (χ1) is 51.4. The first-order valence-electron chi connectivity index (χ1n) is 31.9. The van der Waals surface area contributed by atoms with Crippen molar-refractivity contribution in [3.63, 3.8) is 0 Å². The molecule has 0 bridgehead atoms. The van der Waals surface area contributed by atoms with Gasteiger partial charge in [0.25, 0.3) is 5.69 Å². The topological polar surface area (TPSA) is 316 Å². The fraction of sp³-hybridized carbons (Fsp3) is 0.0909. The molecule has 107 heavy (non-hydrogen) atoms. The van der Waals surface area contributed by atoms with Crippen molar-refractivity contribution in [1.82, 2.24) is 22.8 Å². The molecule has 0 saturated carbocycles. The first-order valence-corrected chi connectivity index (χ1v) is 35.9. The van der Waals surface area contributed by atoms with Crippen LogP contribution in [0.25, 0.3) is 54.5 Å². The van der Waals surface area contributed by atoms with E-state index in [0.717, 1.165) is 55.7 Å². The molecule has 0 aliphatic carbocycles. The number of benzene rings is 10. The smallest absolute Gasteiger partial charge is 0.269 e. The van der Waals surface area contributed by atoms with Crippen molar-refractivity contribution in [2.24, 2.45) is 25.9 Å². The standard InChI is InChI=1S/2C16H13BrN2O2.2C15H10BrFN2O2.C15H10BrN3O4/c1-10-2-4-11(5-3-10)9-19-14-7-6-12(17)8-13(14)15(18-21)16(19)20;1-10-3-2-4-11(7-10)9-19-14-6-5-12(17)8-13(14)15(18-21)16(19)20;16-10-4-5-13-12(7-10)14(18-21)15(20)19(13)8-9-2-1-3-11(17)6-9;16-10-5-6-13-11(7-10)14(18-21)15(20)19(13)8-9-3-1-2-4-12(9)17;16-10-3-6-13-12(7-10)14(17-21)15(20)18(13)8-9-1-4-11(5-2-9)19(22)23/h2*2-8,20H,9H2,1H3;2*1-7,20H,8H2;1-7,20H,8H2. The van der Waals surface area contributed by atoms with Crippen LogP contribution in [0.5, 0.6) is 29.4 Å². The van der Waals surface area contributed by atoms with E-state index >= 15 is 0 Å². The van der Waals surface area contributed by atoms with Gasteiger partial charge in [-0.3, -0.25) is 10.1 Å². The molecule has 0 atom stereocenters. The molecular formula is C77H56Br5F2N11O12. The molecule has 5 N–H and O–H groups in total. The van der Waals surface area contributed by atoms with E-state index in [1.54, 1.807) is 123 Å². The van der Waals surface area contributed by atoms with E-state index in [1.807, 2.05) is 80.6 Å². The average molecular weight is 1760 g/mol. The highest BCUT2D eigenvalue weighted by Gasteiger charge is 2.24. The number of nitrogens with zero attached hydrogens (tertiary/aromatic N) is 11. The maximum absolute atomic E-state index is 13.8. The van der Waals surface area contributed by atoms with Crippen LogP contribution in [0, 0.1) is 60.1 Å². The summed E-state index contributed by atoms with van der Waals surface area (Å²) in [5.74, 6) is -1.62. The van der Waals surface area contributed by atoms with E-state index in [2.05, 4.69) is 112 Å². The van der Waals surface area contributed by atoms with E-state index in [0.29, 0.717) is 67.7 Å². The lowest BCUT2D eigenvalue weighted by Crippen LogP contribution is -2.01. The van der Waals surface area contributed by atoms with Crippen LogP contribution < -0.4 is 0 Å². The van der Waals surface area contributed by atoms with Crippen molar-refractivity contribution in [3.8, 4) is 29.4 Å². The molecule has 0 spiro atoms. The number of aromatic nitrogens is 5. The van der Waals surface area contributed by atoms with Gasteiger partial charge in [-0.15, -0.1) is 24.5 Å². The van der Waals surface area contributed by atoms with Crippen molar-refractivity contribution in [3.05, 3.63) is 320 Å². The van der Waals surface area contributed by atoms with Crippen LogP contribution in [0.4, 0.5) is 42.9 Å². The van der Waals surface area contributed by atoms with Gasteiger partial charge in [0.05, 0.1) is 65.2 Å². The summed E-state index contributed by atoms with van der Waals surface area (Å²) in [5, 5.41) is 79.4. The minimum absolute atomic E-state index is 0.00508. The zero-order chi connectivity index (χ0) is 76.5. The van der Waals surface area contributed by atoms with Crippen LogP contribution in [0.3, 0.4) is 0 Å². The molecule has 10 aromatic carbocycles. The Balaban J connectivity index is 0.000000133. The normalized spacial score (nSPS) is 10.9. The number of rotatable bonds is 16. The SMILES string of the molecule is Cc1ccc(Cn2c(O)c(N=O)c3cc(Br)ccc32)cc1.Cc1cccc(Cn2c(O)c(N=O)c3cc(Br)ccc32)c1.O=Nc1c(O)n(Cc2ccc([N+](=O)[O-])cc2)c2ccc(Br)cc12.O=Nc1c(O)n(Cc2cccc(F)c2)c2ccc(Br)cc12.O=Nc1c(O)n(Cc2ccccc2F)c2ccc(Br)cc12. The second kappa shape index (κ2) is 33.8. The highest BCUT2D eigenvalue weighted by atomic mass is 79.9. The number of nitro benzene ring substituents is 1. The van der Waals surface area contributed by atoms with Crippen molar-refractivity contribution in [2.45, 2.75) is 46.6 Å². The lowest BCUT2D eigenvalue weighted by molar-refractivity contribution is -0.384. The number of nitroso groups, excluding NO2 is 5. The van der Waals surface area contributed by atoms with Crippen LogP contribution >= 0.6 is 79.6 Å². The van der Waals surface area contributed by atoms with Crippen LogP contribution in [0.15, 0.2) is 261 Å². The van der Waals surface area contributed by atoms with Crippen molar-refractivity contribution >= 4 is 168 Å². The molecule has 0 radical (unpaired) electrons. The van der Waals surface area contributed by atoms with Gasteiger partial charge in [-0.05, 0) is 171 Å². The van der Waals surface area contributed by atoms with E-state index in [9.17, 15) is 69.0 Å². The van der Waals surface area contributed by atoms with E-state index < -0.39 is 4.92 Å². The van der Waals surface area contributed by atoms with Crippen LogP contribution in [0.1, 0.15) is 38.9 Å². The summed E-state index contributed by atoms with van der Waals surface area (Å²) in [4.78, 5) is 65.2. The summed E-state index contributed by atoms with van der Waals surface area (Å²) < 4.78 is 39.0. The Bertz CT molecular complexity index is 5800. The van der Waals surface area contributed by atoms with Gasteiger partial charge in [-0.25, -0.2) is 8.78 Å². The summed E-state index contributed by atoms with van der Waals surface area (Å²) in [6.45, 7) is 5.65. The Morgan fingerprint density at radius 1 is 0.346 bits per heavy atom. The first kappa shape index (κ1) is 76.7. The molecule has 0 amide bonds. The monoisotopic (exact) mass is 1760 g/mol. The minimum atomic E-state index is -0.474. The molecule has 0 saturated heterocycles. The molecule has 23 nitrogen and oxygen atoms in total. The quantitative estimate of drug-likeness (QED) is 0.0343. The number of non-ortho nitro benzene ring substituents is 1. The predicted molar refractivity (Wildman–Crippen MR) is 428 cm³/mol. The Hall–Kier alpha value is -11.4. The highest BCUT2D eigenvalue weighted by Crippen LogP contribution is 2.45. The third kappa shape index (κ3) is 17.0. The number of nitro groups is 1. The summed E-state index contributed by atoms with van der Waals surface area (Å²) in [6, 6.07) is 61.3. The lowest BCUT2D eigenvalue weighted by Gasteiger charge is -2.08. The summed E-state index contributed by atoms with van der Waals surface area (Å²) in [7, 11) is 0. The number of hydrogen-bond acceptors (Lipinski definition) is 17. The Morgan fingerprint density at radius 2 is 0.654 bits per heavy atom. The highest BCUT2D eigenvalue weighted by molar-refractivity contribution is 9.11. The zero-order valence-electron chi connectivity index (χ0n) is 55.9. The van der Waals surface area contributed by atoms with Crippen molar-refractivity contribution < 1.29 is 39.2 Å². The van der Waals surface area contributed by atoms with Gasteiger partial charge in [0.2, 0.25) is 29.4 Å². The molecule has 0 unspecified atom stereocenters. The molecule has 15 rings (SSSR count). The number of halogens is 7. The van der Waals surface area contributed by atoms with E-state index in [-0.39, 0.29) is 94.8 Å². The molecule has 0 aliphatic heterocycles. The molecule has 15 aromatic rings. The number of fused-ring (bicyclic) bond motifs is 5. The summed E-state index contributed by atoms with van der Waals surface area (Å²) >= 11 is 16.7.